The standard InChI is InChI=1S/C10H20N2O2/c1-10(2,11-3)9(13)12-7-8-5-4-6-14-8/h8,11H,4-7H2,1-3H3,(H,12,13). The van der Waals surface area contributed by atoms with Gasteiger partial charge in [0.25, 0.3) is 0 Å². The van der Waals surface area contributed by atoms with Crippen LogP contribution in [-0.4, -0.2) is 37.7 Å². The minimum Gasteiger partial charge on any atom is -0.376 e. The summed E-state index contributed by atoms with van der Waals surface area (Å²) in [6.45, 7) is 5.18. The molecule has 0 aromatic heterocycles. The maximum Gasteiger partial charge on any atom is 0.239 e. The third kappa shape index (κ3) is 2.96. The molecule has 0 bridgehead atoms. The van der Waals surface area contributed by atoms with Gasteiger partial charge in [-0.3, -0.25) is 4.79 Å². The van der Waals surface area contributed by atoms with Gasteiger partial charge in [-0.25, -0.2) is 0 Å². The van der Waals surface area contributed by atoms with Gasteiger partial charge in [0, 0.05) is 13.2 Å². The summed E-state index contributed by atoms with van der Waals surface area (Å²) < 4.78 is 5.41. The normalized spacial score (nSPS) is 22.4. The van der Waals surface area contributed by atoms with Crippen LogP contribution in [0.5, 0.6) is 0 Å². The predicted molar refractivity (Wildman–Crippen MR) is 55.1 cm³/mol. The summed E-state index contributed by atoms with van der Waals surface area (Å²) in [5, 5.41) is 5.85. The Morgan fingerprint density at radius 3 is 2.79 bits per heavy atom. The molecule has 1 amide bonds. The molecular formula is C10H20N2O2. The van der Waals surface area contributed by atoms with Crippen molar-refractivity contribution in [3.63, 3.8) is 0 Å². The Hall–Kier alpha value is -0.610. The number of carbonyl (C=O) groups is 1. The van der Waals surface area contributed by atoms with E-state index in [1.807, 2.05) is 13.8 Å². The zero-order chi connectivity index (χ0) is 10.6. The number of hydrogen-bond acceptors (Lipinski definition) is 3. The largest absolute Gasteiger partial charge is 0.376 e. The molecule has 1 aliphatic rings. The smallest absolute Gasteiger partial charge is 0.239 e. The topological polar surface area (TPSA) is 50.4 Å². The fourth-order valence-corrected chi connectivity index (χ4v) is 1.35. The van der Waals surface area contributed by atoms with E-state index in [0.29, 0.717) is 6.54 Å². The van der Waals surface area contributed by atoms with Crippen LogP contribution < -0.4 is 10.6 Å². The van der Waals surface area contributed by atoms with Gasteiger partial charge in [-0.2, -0.15) is 0 Å². The first-order chi connectivity index (χ1) is 6.56. The molecule has 0 saturated carbocycles. The molecule has 1 aliphatic heterocycles. The second-order valence-electron chi connectivity index (χ2n) is 4.22. The second-order valence-corrected chi connectivity index (χ2v) is 4.22. The summed E-state index contributed by atoms with van der Waals surface area (Å²) in [5.41, 5.74) is -0.501. The van der Waals surface area contributed by atoms with Gasteiger partial charge in [-0.15, -0.1) is 0 Å². The molecule has 1 heterocycles. The molecular weight excluding hydrogens is 180 g/mol. The summed E-state index contributed by atoms with van der Waals surface area (Å²) in [7, 11) is 1.78. The van der Waals surface area contributed by atoms with Gasteiger partial charge in [0.05, 0.1) is 11.6 Å². The summed E-state index contributed by atoms with van der Waals surface area (Å²) in [4.78, 5) is 11.6. The third-order valence-electron chi connectivity index (χ3n) is 2.71. The Bertz CT molecular complexity index is 198. The van der Waals surface area contributed by atoms with Crippen LogP contribution in [0.2, 0.25) is 0 Å². The molecule has 1 fully saturated rings. The molecule has 1 saturated heterocycles. The van der Waals surface area contributed by atoms with Crippen LogP contribution in [-0.2, 0) is 9.53 Å². The number of carbonyl (C=O) groups excluding carboxylic acids is 1. The Labute approximate surface area is 85.4 Å². The van der Waals surface area contributed by atoms with E-state index in [1.165, 1.54) is 0 Å². The molecule has 82 valence electrons. The lowest BCUT2D eigenvalue weighted by molar-refractivity contribution is -0.126. The average Bonchev–Trinajstić information content (AvgIpc) is 2.66. The number of likely N-dealkylation sites (N-methyl/N-ethyl adjacent to an activating group) is 1. The van der Waals surface area contributed by atoms with Gasteiger partial charge in [-0.1, -0.05) is 0 Å². The van der Waals surface area contributed by atoms with Crippen molar-refractivity contribution in [2.75, 3.05) is 20.2 Å². The van der Waals surface area contributed by atoms with Crippen molar-refractivity contribution in [2.24, 2.45) is 0 Å². The molecule has 0 aromatic rings. The van der Waals surface area contributed by atoms with E-state index >= 15 is 0 Å². The molecule has 4 nitrogen and oxygen atoms in total. The van der Waals surface area contributed by atoms with E-state index in [9.17, 15) is 4.79 Å². The van der Waals surface area contributed by atoms with Crippen molar-refractivity contribution >= 4 is 5.91 Å². The number of amides is 1. The van der Waals surface area contributed by atoms with E-state index in [-0.39, 0.29) is 12.0 Å². The average molecular weight is 200 g/mol. The van der Waals surface area contributed by atoms with E-state index in [1.54, 1.807) is 7.05 Å². The Balaban J connectivity index is 2.26. The maximum atomic E-state index is 11.6. The zero-order valence-corrected chi connectivity index (χ0v) is 9.22. The Kier molecular flexibility index (Phi) is 3.89. The zero-order valence-electron chi connectivity index (χ0n) is 9.22. The number of ether oxygens (including phenoxy) is 1. The lowest BCUT2D eigenvalue weighted by atomic mass is 10.1. The van der Waals surface area contributed by atoms with Crippen LogP contribution >= 0.6 is 0 Å². The second kappa shape index (κ2) is 4.75. The van der Waals surface area contributed by atoms with Crippen molar-refractivity contribution in [1.82, 2.24) is 10.6 Å². The first kappa shape index (κ1) is 11.5. The van der Waals surface area contributed by atoms with Crippen LogP contribution in [0, 0.1) is 0 Å². The first-order valence-corrected chi connectivity index (χ1v) is 5.15. The highest BCUT2D eigenvalue weighted by Crippen LogP contribution is 2.11. The molecule has 0 aromatic carbocycles. The van der Waals surface area contributed by atoms with Gasteiger partial charge < -0.3 is 15.4 Å². The molecule has 1 atom stereocenters. The molecule has 4 heteroatoms. The molecule has 1 unspecified atom stereocenters. The highest BCUT2D eigenvalue weighted by atomic mass is 16.5. The lowest BCUT2D eigenvalue weighted by Gasteiger charge is -2.23. The molecule has 14 heavy (non-hydrogen) atoms. The van der Waals surface area contributed by atoms with Crippen molar-refractivity contribution in [3.05, 3.63) is 0 Å². The van der Waals surface area contributed by atoms with Gasteiger partial charge in [-0.05, 0) is 33.7 Å². The van der Waals surface area contributed by atoms with E-state index < -0.39 is 5.54 Å². The predicted octanol–water partition coefficient (Wildman–Crippen LogP) is 0.280. The van der Waals surface area contributed by atoms with Gasteiger partial charge >= 0.3 is 0 Å². The van der Waals surface area contributed by atoms with Crippen LogP contribution in [0.3, 0.4) is 0 Å². The molecule has 0 spiro atoms. The van der Waals surface area contributed by atoms with Gasteiger partial charge in [0.1, 0.15) is 0 Å². The van der Waals surface area contributed by atoms with Crippen molar-refractivity contribution < 1.29 is 9.53 Å². The monoisotopic (exact) mass is 200 g/mol. The van der Waals surface area contributed by atoms with Crippen LogP contribution in [0.1, 0.15) is 26.7 Å². The van der Waals surface area contributed by atoms with Crippen LogP contribution in [0.4, 0.5) is 0 Å². The molecule has 1 rings (SSSR count). The lowest BCUT2D eigenvalue weighted by Crippen LogP contribution is -2.52. The summed E-state index contributed by atoms with van der Waals surface area (Å²) in [5.74, 6) is 0.0236. The minimum absolute atomic E-state index is 0.0236. The Morgan fingerprint density at radius 1 is 1.57 bits per heavy atom. The first-order valence-electron chi connectivity index (χ1n) is 5.15. The van der Waals surface area contributed by atoms with Gasteiger partial charge in [0.15, 0.2) is 0 Å². The van der Waals surface area contributed by atoms with Crippen molar-refractivity contribution in [1.29, 1.82) is 0 Å². The summed E-state index contributed by atoms with van der Waals surface area (Å²) >= 11 is 0. The molecule has 0 aliphatic carbocycles. The number of hydrogen-bond donors (Lipinski definition) is 2. The minimum atomic E-state index is -0.501. The quantitative estimate of drug-likeness (QED) is 0.685. The van der Waals surface area contributed by atoms with Crippen molar-refractivity contribution in [3.8, 4) is 0 Å². The molecule has 0 radical (unpaired) electrons. The van der Waals surface area contributed by atoms with E-state index in [4.69, 9.17) is 4.74 Å². The fourth-order valence-electron chi connectivity index (χ4n) is 1.35. The highest BCUT2D eigenvalue weighted by molar-refractivity contribution is 5.85. The van der Waals surface area contributed by atoms with E-state index in [2.05, 4.69) is 10.6 Å². The maximum absolute atomic E-state index is 11.6. The summed E-state index contributed by atoms with van der Waals surface area (Å²) in [6, 6.07) is 0. The van der Waals surface area contributed by atoms with Gasteiger partial charge in [0.2, 0.25) is 5.91 Å². The number of nitrogens with one attached hydrogen (secondary N) is 2. The molecule has 2 N–H and O–H groups in total. The van der Waals surface area contributed by atoms with Crippen molar-refractivity contribution in [2.45, 2.75) is 38.3 Å². The fraction of sp³-hybridized carbons (Fsp3) is 0.900. The SMILES string of the molecule is CNC(C)(C)C(=O)NCC1CCCO1. The van der Waals surface area contributed by atoms with Crippen LogP contribution in [0.15, 0.2) is 0 Å². The third-order valence-corrected chi connectivity index (χ3v) is 2.71. The van der Waals surface area contributed by atoms with E-state index in [0.717, 1.165) is 19.4 Å². The Morgan fingerprint density at radius 2 is 2.29 bits per heavy atom. The highest BCUT2D eigenvalue weighted by Gasteiger charge is 2.26. The van der Waals surface area contributed by atoms with Crippen LogP contribution in [0.25, 0.3) is 0 Å². The summed E-state index contributed by atoms with van der Waals surface area (Å²) in [6.07, 6.45) is 2.38. The number of rotatable bonds is 4.